The zero-order valence-electron chi connectivity index (χ0n) is 18.3. The van der Waals surface area contributed by atoms with E-state index in [1.807, 2.05) is 39.0 Å². The van der Waals surface area contributed by atoms with E-state index in [4.69, 9.17) is 11.6 Å². The van der Waals surface area contributed by atoms with Crippen LogP contribution in [0.15, 0.2) is 29.3 Å². The van der Waals surface area contributed by atoms with Crippen LogP contribution < -0.4 is 5.32 Å². The molecule has 0 bridgehead atoms. The van der Waals surface area contributed by atoms with Gasteiger partial charge in [-0.05, 0) is 37.0 Å². The van der Waals surface area contributed by atoms with Crippen LogP contribution in [0.5, 0.6) is 0 Å². The molecule has 0 radical (unpaired) electrons. The molecule has 2 amide bonds. The number of halogens is 2. The van der Waals surface area contributed by atoms with Gasteiger partial charge in [0.2, 0.25) is 11.8 Å². The molecule has 2 aliphatic heterocycles. The molecule has 1 aromatic rings. The summed E-state index contributed by atoms with van der Waals surface area (Å²) in [5.41, 5.74) is 1.07. The first-order valence-corrected chi connectivity index (χ1v) is 11.2. The van der Waals surface area contributed by atoms with Crippen LogP contribution >= 0.6 is 35.6 Å². The van der Waals surface area contributed by atoms with Gasteiger partial charge in [-0.3, -0.25) is 14.6 Å². The Morgan fingerprint density at radius 1 is 1.16 bits per heavy atom. The van der Waals surface area contributed by atoms with Crippen molar-refractivity contribution in [1.29, 1.82) is 0 Å². The molecule has 2 aliphatic rings. The number of rotatable bonds is 7. The fraction of sp³-hybridized carbons (Fsp3) is 0.591. The molecule has 1 atom stereocenters. The van der Waals surface area contributed by atoms with Gasteiger partial charge in [-0.25, -0.2) is 0 Å². The fourth-order valence-electron chi connectivity index (χ4n) is 4.19. The summed E-state index contributed by atoms with van der Waals surface area (Å²) in [6, 6.07) is 7.88. The molecule has 0 saturated carbocycles. The van der Waals surface area contributed by atoms with Crippen LogP contribution in [0.25, 0.3) is 0 Å². The number of benzene rings is 1. The van der Waals surface area contributed by atoms with E-state index >= 15 is 0 Å². The lowest BCUT2D eigenvalue weighted by Gasteiger charge is -2.36. The van der Waals surface area contributed by atoms with Crippen molar-refractivity contribution < 1.29 is 9.59 Å². The third-order valence-corrected chi connectivity index (χ3v) is 6.15. The highest BCUT2D eigenvalue weighted by Crippen LogP contribution is 2.18. The smallest absolute Gasteiger partial charge is 0.242 e. The van der Waals surface area contributed by atoms with Gasteiger partial charge >= 0.3 is 0 Å². The number of amides is 2. The number of nitrogens with one attached hydrogen (secondary N) is 1. The molecular formula is C22H33ClIN5O2. The highest BCUT2D eigenvalue weighted by molar-refractivity contribution is 14.0. The Kier molecular flexibility index (Phi) is 10.3. The monoisotopic (exact) mass is 561 g/mol. The first-order chi connectivity index (χ1) is 14.5. The number of guanidine groups is 1. The van der Waals surface area contributed by atoms with Crippen molar-refractivity contribution in [2.45, 2.75) is 45.2 Å². The zero-order chi connectivity index (χ0) is 21.5. The van der Waals surface area contributed by atoms with Crippen LogP contribution in [0.2, 0.25) is 5.02 Å². The second-order valence-electron chi connectivity index (χ2n) is 7.88. The van der Waals surface area contributed by atoms with Crippen LogP contribution in [0.1, 0.15) is 38.2 Å². The number of aliphatic imine (C=N–C) groups is 1. The topological polar surface area (TPSA) is 68.2 Å². The summed E-state index contributed by atoms with van der Waals surface area (Å²) in [6.45, 7) is 6.03. The predicted octanol–water partition coefficient (Wildman–Crippen LogP) is 2.97. The highest BCUT2D eigenvalue weighted by Gasteiger charge is 2.28. The van der Waals surface area contributed by atoms with E-state index in [1.165, 1.54) is 0 Å². The average molecular weight is 562 g/mol. The molecule has 1 aromatic carbocycles. The molecule has 2 heterocycles. The van der Waals surface area contributed by atoms with E-state index in [2.05, 4.69) is 17.2 Å². The molecule has 2 fully saturated rings. The fourth-order valence-corrected chi connectivity index (χ4v) is 4.31. The van der Waals surface area contributed by atoms with Gasteiger partial charge in [-0.1, -0.05) is 30.7 Å². The molecule has 0 aliphatic carbocycles. The van der Waals surface area contributed by atoms with Gasteiger partial charge in [0.25, 0.3) is 0 Å². The van der Waals surface area contributed by atoms with Gasteiger partial charge < -0.3 is 20.0 Å². The summed E-state index contributed by atoms with van der Waals surface area (Å²) < 4.78 is 0. The number of likely N-dealkylation sites (tertiary alicyclic amines) is 1. The summed E-state index contributed by atoms with van der Waals surface area (Å²) in [5.74, 6) is 1.11. The summed E-state index contributed by atoms with van der Waals surface area (Å²) in [7, 11) is 1.74. The Balaban J connectivity index is 0.00000341. The third kappa shape index (κ3) is 6.97. The highest BCUT2D eigenvalue weighted by atomic mass is 127. The van der Waals surface area contributed by atoms with Crippen molar-refractivity contribution in [3.8, 4) is 0 Å². The Morgan fingerprint density at radius 2 is 1.90 bits per heavy atom. The van der Waals surface area contributed by atoms with Gasteiger partial charge in [-0.2, -0.15) is 0 Å². The summed E-state index contributed by atoms with van der Waals surface area (Å²) in [5, 5.41) is 4.08. The van der Waals surface area contributed by atoms with Crippen LogP contribution in [-0.4, -0.2) is 78.3 Å². The Morgan fingerprint density at radius 3 is 2.48 bits per heavy atom. The van der Waals surface area contributed by atoms with E-state index in [0.29, 0.717) is 31.1 Å². The Bertz CT molecular complexity index is 774. The molecule has 0 aromatic heterocycles. The van der Waals surface area contributed by atoms with Crippen molar-refractivity contribution in [2.75, 3.05) is 39.8 Å². The second kappa shape index (κ2) is 12.5. The number of nitrogens with zero attached hydrogens (tertiary/aromatic N) is 4. The Labute approximate surface area is 207 Å². The lowest BCUT2D eigenvalue weighted by molar-refractivity contribution is -0.135. The minimum Gasteiger partial charge on any atom is -0.356 e. The molecule has 1 N–H and O–H groups in total. The number of piperazine rings is 1. The zero-order valence-corrected chi connectivity index (χ0v) is 21.4. The molecule has 3 rings (SSSR count). The van der Waals surface area contributed by atoms with Gasteiger partial charge in [0.1, 0.15) is 0 Å². The molecule has 2 saturated heterocycles. The van der Waals surface area contributed by atoms with E-state index in [0.717, 1.165) is 50.4 Å². The van der Waals surface area contributed by atoms with Gasteiger partial charge in [-0.15, -0.1) is 24.0 Å². The van der Waals surface area contributed by atoms with Crippen molar-refractivity contribution in [3.63, 3.8) is 0 Å². The van der Waals surface area contributed by atoms with Crippen LogP contribution in [0, 0.1) is 0 Å². The number of hydrogen-bond acceptors (Lipinski definition) is 3. The first kappa shape index (κ1) is 25.7. The normalized spacial score (nSPS) is 18.3. The summed E-state index contributed by atoms with van der Waals surface area (Å²) in [6.07, 6.45) is 3.47. The standard InChI is InChI=1S/C22H32ClN5O2.HI/c1-3-19(28-12-4-5-20(28)29)10-11-25-22(24-2)27-14-13-26(21(30)16-27)15-17-6-8-18(23)9-7-17;/h6-9,19H,3-5,10-16H2,1-2H3,(H,24,25);1H. The van der Waals surface area contributed by atoms with E-state index < -0.39 is 0 Å². The number of carbonyl (C=O) groups is 2. The molecule has 7 nitrogen and oxygen atoms in total. The van der Waals surface area contributed by atoms with Gasteiger partial charge in [0.05, 0.1) is 6.54 Å². The predicted molar refractivity (Wildman–Crippen MR) is 135 cm³/mol. The largest absolute Gasteiger partial charge is 0.356 e. The molecule has 9 heteroatoms. The van der Waals surface area contributed by atoms with Crippen molar-refractivity contribution in [3.05, 3.63) is 34.9 Å². The van der Waals surface area contributed by atoms with Gasteiger partial charge in [0.15, 0.2) is 5.96 Å². The second-order valence-corrected chi connectivity index (χ2v) is 8.32. The number of hydrogen-bond donors (Lipinski definition) is 1. The average Bonchev–Trinajstić information content (AvgIpc) is 3.17. The Hall–Kier alpha value is -1.55. The van der Waals surface area contributed by atoms with E-state index in [-0.39, 0.29) is 41.8 Å². The first-order valence-electron chi connectivity index (χ1n) is 10.8. The lowest BCUT2D eigenvalue weighted by Crippen LogP contribution is -2.55. The van der Waals surface area contributed by atoms with E-state index in [1.54, 1.807) is 7.05 Å². The molecule has 172 valence electrons. The van der Waals surface area contributed by atoms with E-state index in [9.17, 15) is 9.59 Å². The van der Waals surface area contributed by atoms with Crippen LogP contribution in [-0.2, 0) is 16.1 Å². The maximum absolute atomic E-state index is 12.7. The maximum atomic E-state index is 12.7. The quantitative estimate of drug-likeness (QED) is 0.316. The third-order valence-electron chi connectivity index (χ3n) is 5.90. The molecule has 1 unspecified atom stereocenters. The van der Waals surface area contributed by atoms with Crippen molar-refractivity contribution in [2.24, 2.45) is 4.99 Å². The molecule has 31 heavy (non-hydrogen) atoms. The minimum absolute atomic E-state index is 0. The minimum atomic E-state index is 0. The van der Waals surface area contributed by atoms with Crippen molar-refractivity contribution >= 4 is 53.4 Å². The SMILES string of the molecule is CCC(CCNC(=NC)N1CCN(Cc2ccc(Cl)cc2)C(=O)C1)N1CCCC1=O.I. The summed E-state index contributed by atoms with van der Waals surface area (Å²) in [4.78, 5) is 34.9. The maximum Gasteiger partial charge on any atom is 0.242 e. The summed E-state index contributed by atoms with van der Waals surface area (Å²) >= 11 is 5.94. The van der Waals surface area contributed by atoms with Crippen molar-refractivity contribution in [1.82, 2.24) is 20.0 Å². The number of carbonyl (C=O) groups excluding carboxylic acids is 2. The molecule has 0 spiro atoms. The lowest BCUT2D eigenvalue weighted by atomic mass is 10.1. The van der Waals surface area contributed by atoms with Gasteiger partial charge in [0, 0.05) is 57.3 Å². The van der Waals surface area contributed by atoms with Crippen LogP contribution in [0.4, 0.5) is 0 Å². The molecular weight excluding hydrogens is 529 g/mol. The van der Waals surface area contributed by atoms with Crippen LogP contribution in [0.3, 0.4) is 0 Å².